The minimum Gasteiger partial charge on any atom is -0.349 e. The lowest BCUT2D eigenvalue weighted by Crippen LogP contribution is -2.44. The summed E-state index contributed by atoms with van der Waals surface area (Å²) in [5.74, 6) is 1.23. The first-order chi connectivity index (χ1) is 31.4. The summed E-state index contributed by atoms with van der Waals surface area (Å²) in [5, 5.41) is 0. The summed E-state index contributed by atoms with van der Waals surface area (Å²) in [5.41, 5.74) is 1.86. The molecule has 4 aliphatic heterocycles. The first-order valence-corrected chi connectivity index (χ1v) is 27.9. The molecule has 0 aromatic carbocycles. The third-order valence-electron chi connectivity index (χ3n) is 14.4. The van der Waals surface area contributed by atoms with Crippen LogP contribution in [-0.2, 0) is 28.5 Å². The van der Waals surface area contributed by atoms with E-state index in [1.165, 1.54) is 173 Å². The molecule has 5 rings (SSSR count). The highest BCUT2D eigenvalue weighted by Gasteiger charge is 2.38. The van der Waals surface area contributed by atoms with Gasteiger partial charge >= 0.3 is 0 Å². The number of carbonyl (C=O) groups is 2. The number of hydrogen-bond donors (Lipinski definition) is 0. The number of unbranched alkanes of at least 4 members (excludes halogenated alkanes) is 18. The zero-order valence-electron chi connectivity index (χ0n) is 42.2. The van der Waals surface area contributed by atoms with E-state index in [4.69, 9.17) is 18.9 Å². The molecule has 64 heavy (non-hydrogen) atoms. The number of ketones is 2. The quantitative estimate of drug-likeness (QED) is 0.0637. The van der Waals surface area contributed by atoms with Crippen molar-refractivity contribution in [2.45, 2.75) is 258 Å². The topological polar surface area (TPSA) is 77.5 Å². The molecule has 8 nitrogen and oxygen atoms in total. The fraction of sp³-hybridized carbons (Fsp3) is 0.893. The summed E-state index contributed by atoms with van der Waals surface area (Å²) in [6.45, 7) is 16.3. The Balaban J connectivity index is 0.000000281. The van der Waals surface area contributed by atoms with E-state index in [-0.39, 0.29) is 36.4 Å². The largest absolute Gasteiger partial charge is 0.349 e. The highest BCUT2D eigenvalue weighted by molar-refractivity contribution is 6.00. The predicted molar refractivity (Wildman–Crippen MR) is 266 cm³/mol. The van der Waals surface area contributed by atoms with Crippen molar-refractivity contribution in [1.29, 1.82) is 0 Å². The second-order valence-corrected chi connectivity index (χ2v) is 20.8. The molecule has 4 atom stereocenters. The van der Waals surface area contributed by atoms with E-state index in [2.05, 4.69) is 37.5 Å². The van der Waals surface area contributed by atoms with Crippen molar-refractivity contribution in [3.8, 4) is 0 Å². The molecule has 8 heteroatoms. The maximum absolute atomic E-state index is 13.3. The van der Waals surface area contributed by atoms with Crippen molar-refractivity contribution in [2.75, 3.05) is 52.5 Å². The summed E-state index contributed by atoms with van der Waals surface area (Å²) in [6, 6.07) is 0. The molecular formula is C56H100N2O6. The standard InChI is InChI=1S/C29H51NO3.C27H49NO3/c1-2-3-4-5-6-7-8-9-10-17-22-32-27-23-26(24-30-20-15-12-16-21-30)28(31)29(33-27)25-18-13-11-14-19-25;1-4-5-6-7-8-9-10-11-12-16-19-30-26-21-24(22-28-17-14-13-15-18-28)27(29)25(31-26)20-23(2)3/h23,25,27,29H,2-22,24H2,1H3;21,23,25-26H,4-20,22H2,1-3H3. The molecule has 1 aliphatic carbocycles. The summed E-state index contributed by atoms with van der Waals surface area (Å²) in [6.07, 6.45) is 43.5. The van der Waals surface area contributed by atoms with Crippen molar-refractivity contribution in [1.82, 2.24) is 9.80 Å². The van der Waals surface area contributed by atoms with Gasteiger partial charge in [-0.25, -0.2) is 0 Å². The van der Waals surface area contributed by atoms with E-state index in [1.54, 1.807) is 0 Å². The fourth-order valence-electron chi connectivity index (χ4n) is 10.5. The number of rotatable bonds is 31. The molecule has 1 saturated carbocycles. The van der Waals surface area contributed by atoms with Gasteiger partial charge in [0.2, 0.25) is 0 Å². The number of hydrogen-bond acceptors (Lipinski definition) is 8. The van der Waals surface area contributed by atoms with Gasteiger partial charge in [0.25, 0.3) is 0 Å². The molecule has 0 aromatic heterocycles. The Hall–Kier alpha value is -1.42. The van der Waals surface area contributed by atoms with E-state index in [9.17, 15) is 9.59 Å². The Labute approximate surface area is 394 Å². The number of carbonyl (C=O) groups excluding carboxylic acids is 2. The van der Waals surface area contributed by atoms with Crippen molar-refractivity contribution in [3.63, 3.8) is 0 Å². The zero-order valence-corrected chi connectivity index (χ0v) is 42.2. The molecule has 0 aromatic rings. The minimum atomic E-state index is -0.361. The van der Waals surface area contributed by atoms with Crippen LogP contribution in [0.2, 0.25) is 0 Å². The third-order valence-corrected chi connectivity index (χ3v) is 14.4. The Bertz CT molecular complexity index is 1270. The van der Waals surface area contributed by atoms with Crippen LogP contribution in [0, 0.1) is 11.8 Å². The molecule has 0 radical (unpaired) electrons. The van der Waals surface area contributed by atoms with Gasteiger partial charge in [0.15, 0.2) is 24.1 Å². The molecule has 3 fully saturated rings. The lowest BCUT2D eigenvalue weighted by atomic mass is 9.81. The van der Waals surface area contributed by atoms with E-state index in [1.807, 2.05) is 12.2 Å². The lowest BCUT2D eigenvalue weighted by Gasteiger charge is -2.36. The third kappa shape index (κ3) is 23.1. The van der Waals surface area contributed by atoms with E-state index < -0.39 is 0 Å². The molecule has 370 valence electrons. The average Bonchev–Trinajstić information content (AvgIpc) is 3.31. The Morgan fingerprint density at radius 1 is 0.516 bits per heavy atom. The van der Waals surface area contributed by atoms with Gasteiger partial charge in [0.1, 0.15) is 12.2 Å². The van der Waals surface area contributed by atoms with E-state index >= 15 is 0 Å². The maximum Gasteiger partial charge on any atom is 0.189 e. The lowest BCUT2D eigenvalue weighted by molar-refractivity contribution is -0.175. The Morgan fingerprint density at radius 3 is 1.34 bits per heavy atom. The van der Waals surface area contributed by atoms with Crippen molar-refractivity contribution < 1.29 is 28.5 Å². The maximum atomic E-state index is 13.3. The number of ether oxygens (including phenoxy) is 4. The first-order valence-electron chi connectivity index (χ1n) is 27.9. The van der Waals surface area contributed by atoms with Crippen LogP contribution >= 0.6 is 0 Å². The monoisotopic (exact) mass is 897 g/mol. The number of nitrogens with zero attached hydrogens (tertiary/aromatic N) is 2. The van der Waals surface area contributed by atoms with Gasteiger partial charge in [-0.3, -0.25) is 19.4 Å². The predicted octanol–water partition coefficient (Wildman–Crippen LogP) is 13.9. The Morgan fingerprint density at radius 2 is 0.906 bits per heavy atom. The molecule has 5 aliphatic rings. The van der Waals surface area contributed by atoms with Gasteiger partial charge in [0.05, 0.1) is 13.2 Å². The van der Waals surface area contributed by atoms with Gasteiger partial charge < -0.3 is 18.9 Å². The van der Waals surface area contributed by atoms with Crippen LogP contribution in [0.4, 0.5) is 0 Å². The number of likely N-dealkylation sites (tertiary alicyclic amines) is 2. The SMILES string of the molecule is CCCCCCCCCCCCOC1C=C(CN2CCCCC2)C(=O)C(C2CCCCC2)O1.CCCCCCCCCCCCOC1C=C(CN2CCCCC2)C(=O)C(CC(C)C)O1. The molecule has 4 unspecified atom stereocenters. The molecule has 0 N–H and O–H groups in total. The second kappa shape index (κ2) is 34.8. The van der Waals surface area contributed by atoms with Crippen LogP contribution in [0.25, 0.3) is 0 Å². The summed E-state index contributed by atoms with van der Waals surface area (Å²) in [7, 11) is 0. The van der Waals surface area contributed by atoms with Gasteiger partial charge in [-0.2, -0.15) is 0 Å². The fourth-order valence-corrected chi connectivity index (χ4v) is 10.5. The van der Waals surface area contributed by atoms with Crippen molar-refractivity contribution >= 4 is 11.6 Å². The highest BCUT2D eigenvalue weighted by Crippen LogP contribution is 2.33. The van der Waals surface area contributed by atoms with Crippen LogP contribution in [0.3, 0.4) is 0 Å². The number of piperidine rings is 2. The van der Waals surface area contributed by atoms with E-state index in [0.717, 1.165) is 95.7 Å². The molecule has 0 bridgehead atoms. The van der Waals surface area contributed by atoms with Gasteiger partial charge in [-0.1, -0.05) is 175 Å². The average molecular weight is 897 g/mol. The van der Waals surface area contributed by atoms with Gasteiger partial charge in [0, 0.05) is 24.2 Å². The van der Waals surface area contributed by atoms with Crippen LogP contribution in [-0.4, -0.2) is 98.6 Å². The smallest absolute Gasteiger partial charge is 0.189 e. The van der Waals surface area contributed by atoms with E-state index in [0.29, 0.717) is 11.8 Å². The zero-order chi connectivity index (χ0) is 45.5. The molecular weight excluding hydrogens is 797 g/mol. The molecule has 2 saturated heterocycles. The highest BCUT2D eigenvalue weighted by atomic mass is 16.7. The molecule has 0 amide bonds. The minimum absolute atomic E-state index is 0.179. The normalized spacial score (nSPS) is 24.1. The summed E-state index contributed by atoms with van der Waals surface area (Å²) >= 11 is 0. The Kier molecular flexibility index (Phi) is 30.0. The van der Waals surface area contributed by atoms with Crippen molar-refractivity contribution in [2.24, 2.45) is 11.8 Å². The number of Topliss-reactive ketones (excluding diaryl/α,β-unsaturated/α-hetero) is 2. The van der Waals surface area contributed by atoms with Crippen LogP contribution in [0.1, 0.15) is 233 Å². The van der Waals surface area contributed by atoms with Crippen LogP contribution in [0.5, 0.6) is 0 Å². The second-order valence-electron chi connectivity index (χ2n) is 20.8. The summed E-state index contributed by atoms with van der Waals surface area (Å²) < 4.78 is 24.6. The van der Waals surface area contributed by atoms with Gasteiger partial charge in [-0.05, 0) is 108 Å². The molecule has 0 spiro atoms. The first kappa shape index (κ1) is 55.2. The molecule has 4 heterocycles. The summed E-state index contributed by atoms with van der Waals surface area (Å²) in [4.78, 5) is 31.2. The van der Waals surface area contributed by atoms with Crippen molar-refractivity contribution in [3.05, 3.63) is 23.3 Å². The van der Waals surface area contributed by atoms with Crippen LogP contribution in [0.15, 0.2) is 23.3 Å². The van der Waals surface area contributed by atoms with Gasteiger partial charge in [-0.15, -0.1) is 0 Å². The van der Waals surface area contributed by atoms with Crippen LogP contribution < -0.4 is 0 Å².